The first-order valence-corrected chi connectivity index (χ1v) is 7.43. The Balaban J connectivity index is 2.24. The van der Waals surface area contributed by atoms with Gasteiger partial charge in [-0.05, 0) is 20.8 Å². The summed E-state index contributed by atoms with van der Waals surface area (Å²) in [5.41, 5.74) is 1.04. The van der Waals surface area contributed by atoms with Crippen LogP contribution < -0.4 is 5.32 Å². The molecule has 9 heteroatoms. The molecule has 2 heterocycles. The smallest absolute Gasteiger partial charge is 0.360 e. The minimum absolute atomic E-state index is 0.0603. The van der Waals surface area contributed by atoms with Crippen molar-refractivity contribution in [2.75, 3.05) is 12.4 Å². The molecule has 0 aromatic carbocycles. The van der Waals surface area contributed by atoms with E-state index in [1.807, 2.05) is 6.92 Å². The number of halogens is 1. The van der Waals surface area contributed by atoms with Gasteiger partial charge in [0.2, 0.25) is 5.91 Å². The average molecular weight is 340 g/mol. The minimum atomic E-state index is -0.613. The molecule has 1 atom stereocenters. The van der Waals surface area contributed by atoms with Gasteiger partial charge in [-0.3, -0.25) is 14.2 Å². The molecule has 2 aromatic rings. The lowest BCUT2D eigenvalue weighted by molar-refractivity contribution is -0.119. The molecule has 1 N–H and O–H groups in total. The quantitative estimate of drug-likeness (QED) is 0.842. The Morgan fingerprint density at radius 2 is 2.17 bits per heavy atom. The SMILES string of the molecule is CCn1cc(NC(=O)C(C)n2ncc(Cl)c2C)c(C(=O)OC)n1. The zero-order valence-electron chi connectivity index (χ0n) is 13.3. The monoisotopic (exact) mass is 339 g/mol. The summed E-state index contributed by atoms with van der Waals surface area (Å²) >= 11 is 5.96. The van der Waals surface area contributed by atoms with Crippen LogP contribution in [0.5, 0.6) is 0 Å². The van der Waals surface area contributed by atoms with Crippen LogP contribution in [0.15, 0.2) is 12.4 Å². The van der Waals surface area contributed by atoms with E-state index in [9.17, 15) is 9.59 Å². The molecule has 0 aliphatic heterocycles. The predicted molar refractivity (Wildman–Crippen MR) is 84.6 cm³/mol. The van der Waals surface area contributed by atoms with Gasteiger partial charge in [0.1, 0.15) is 6.04 Å². The molecule has 0 spiro atoms. The fourth-order valence-corrected chi connectivity index (χ4v) is 2.19. The van der Waals surface area contributed by atoms with Crippen LogP contribution in [0.25, 0.3) is 0 Å². The van der Waals surface area contributed by atoms with E-state index in [1.165, 1.54) is 18.0 Å². The second-order valence-corrected chi connectivity index (χ2v) is 5.33. The highest BCUT2D eigenvalue weighted by Gasteiger charge is 2.23. The Labute approximate surface area is 138 Å². The van der Waals surface area contributed by atoms with Crippen molar-refractivity contribution in [1.29, 1.82) is 0 Å². The maximum Gasteiger partial charge on any atom is 0.360 e. The Hall–Kier alpha value is -2.35. The lowest BCUT2D eigenvalue weighted by Gasteiger charge is -2.14. The molecule has 0 saturated heterocycles. The fraction of sp³-hybridized carbons (Fsp3) is 0.429. The van der Waals surface area contributed by atoms with E-state index in [4.69, 9.17) is 11.6 Å². The van der Waals surface area contributed by atoms with E-state index >= 15 is 0 Å². The third-order valence-electron chi connectivity index (χ3n) is 3.45. The molecule has 2 aromatic heterocycles. The molecular formula is C14H18ClN5O3. The first kappa shape index (κ1) is 17.0. The van der Waals surface area contributed by atoms with E-state index < -0.39 is 12.0 Å². The first-order chi connectivity index (χ1) is 10.9. The van der Waals surface area contributed by atoms with Crippen molar-refractivity contribution in [2.45, 2.75) is 33.4 Å². The molecule has 0 radical (unpaired) electrons. The van der Waals surface area contributed by atoms with Gasteiger partial charge >= 0.3 is 5.97 Å². The van der Waals surface area contributed by atoms with Gasteiger partial charge in [-0.25, -0.2) is 4.79 Å². The zero-order valence-corrected chi connectivity index (χ0v) is 14.1. The van der Waals surface area contributed by atoms with Crippen molar-refractivity contribution >= 4 is 29.2 Å². The number of anilines is 1. The molecule has 1 amide bonds. The van der Waals surface area contributed by atoms with E-state index in [1.54, 1.807) is 24.7 Å². The Morgan fingerprint density at radius 3 is 2.70 bits per heavy atom. The van der Waals surface area contributed by atoms with Crippen molar-refractivity contribution in [3.8, 4) is 0 Å². The Morgan fingerprint density at radius 1 is 1.48 bits per heavy atom. The van der Waals surface area contributed by atoms with Crippen molar-refractivity contribution in [3.05, 3.63) is 28.8 Å². The van der Waals surface area contributed by atoms with E-state index in [2.05, 4.69) is 20.3 Å². The number of aromatic nitrogens is 4. The summed E-state index contributed by atoms with van der Waals surface area (Å²) in [4.78, 5) is 24.2. The number of nitrogens with zero attached hydrogens (tertiary/aromatic N) is 4. The largest absolute Gasteiger partial charge is 0.464 e. The molecule has 0 saturated carbocycles. The normalized spacial score (nSPS) is 12.0. The average Bonchev–Trinajstić information content (AvgIpc) is 3.10. The van der Waals surface area contributed by atoms with Crippen molar-refractivity contribution in [1.82, 2.24) is 19.6 Å². The highest BCUT2D eigenvalue weighted by Crippen LogP contribution is 2.20. The summed E-state index contributed by atoms with van der Waals surface area (Å²) in [6.07, 6.45) is 3.06. The zero-order chi connectivity index (χ0) is 17.1. The van der Waals surface area contributed by atoms with Crippen molar-refractivity contribution < 1.29 is 14.3 Å². The molecule has 0 bridgehead atoms. The van der Waals surface area contributed by atoms with E-state index in [-0.39, 0.29) is 11.6 Å². The molecule has 0 aliphatic rings. The van der Waals surface area contributed by atoms with Crippen LogP contribution in [0, 0.1) is 6.92 Å². The molecule has 23 heavy (non-hydrogen) atoms. The number of amides is 1. The summed E-state index contributed by atoms with van der Waals surface area (Å²) in [5, 5.41) is 11.3. The van der Waals surface area contributed by atoms with Gasteiger partial charge in [0.05, 0.1) is 29.7 Å². The highest BCUT2D eigenvalue weighted by molar-refractivity contribution is 6.31. The lowest BCUT2D eigenvalue weighted by atomic mass is 10.3. The van der Waals surface area contributed by atoms with Gasteiger partial charge in [-0.2, -0.15) is 10.2 Å². The third-order valence-corrected chi connectivity index (χ3v) is 3.82. The van der Waals surface area contributed by atoms with Crippen molar-refractivity contribution in [3.63, 3.8) is 0 Å². The van der Waals surface area contributed by atoms with Crippen LogP contribution in [-0.4, -0.2) is 38.5 Å². The molecule has 1 unspecified atom stereocenters. The van der Waals surface area contributed by atoms with Crippen LogP contribution in [0.2, 0.25) is 5.02 Å². The number of carbonyl (C=O) groups is 2. The second kappa shape index (κ2) is 6.82. The third kappa shape index (κ3) is 3.37. The summed E-state index contributed by atoms with van der Waals surface area (Å²) in [6.45, 7) is 5.89. The summed E-state index contributed by atoms with van der Waals surface area (Å²) in [6, 6.07) is -0.599. The molecule has 0 aliphatic carbocycles. The fourth-order valence-electron chi connectivity index (χ4n) is 2.06. The highest BCUT2D eigenvalue weighted by atomic mass is 35.5. The topological polar surface area (TPSA) is 91.0 Å². The maximum absolute atomic E-state index is 12.4. The Bertz CT molecular complexity index is 737. The van der Waals surface area contributed by atoms with Gasteiger partial charge in [0.25, 0.3) is 0 Å². The molecular weight excluding hydrogens is 322 g/mol. The second-order valence-electron chi connectivity index (χ2n) is 4.93. The van der Waals surface area contributed by atoms with Crippen LogP contribution in [0.4, 0.5) is 5.69 Å². The van der Waals surface area contributed by atoms with E-state index in [0.29, 0.717) is 22.9 Å². The number of ether oxygens (including phenoxy) is 1. The maximum atomic E-state index is 12.4. The molecule has 8 nitrogen and oxygen atoms in total. The summed E-state index contributed by atoms with van der Waals surface area (Å²) in [5.74, 6) is -0.952. The lowest BCUT2D eigenvalue weighted by Crippen LogP contribution is -2.25. The molecule has 124 valence electrons. The summed E-state index contributed by atoms with van der Waals surface area (Å²) in [7, 11) is 1.26. The van der Waals surface area contributed by atoms with Crippen LogP contribution in [0.1, 0.15) is 36.1 Å². The number of nitrogens with one attached hydrogen (secondary N) is 1. The van der Waals surface area contributed by atoms with Crippen LogP contribution >= 0.6 is 11.6 Å². The van der Waals surface area contributed by atoms with Gasteiger partial charge in [-0.1, -0.05) is 11.6 Å². The van der Waals surface area contributed by atoms with Crippen LogP contribution in [0.3, 0.4) is 0 Å². The standard InChI is InChI=1S/C14H18ClN5O3/c1-5-19-7-11(12(18-19)14(22)23-4)17-13(21)9(3)20-8(2)10(15)6-16-20/h6-7,9H,5H2,1-4H3,(H,17,21). The first-order valence-electron chi connectivity index (χ1n) is 7.05. The number of aryl methyl sites for hydroxylation is 1. The number of methoxy groups -OCH3 is 1. The van der Waals surface area contributed by atoms with Gasteiger partial charge in [0.15, 0.2) is 5.69 Å². The van der Waals surface area contributed by atoms with Gasteiger partial charge < -0.3 is 10.1 Å². The number of hydrogen-bond donors (Lipinski definition) is 1. The van der Waals surface area contributed by atoms with Crippen molar-refractivity contribution in [2.24, 2.45) is 0 Å². The number of carbonyl (C=O) groups excluding carboxylic acids is 2. The van der Waals surface area contributed by atoms with Gasteiger partial charge in [-0.15, -0.1) is 0 Å². The number of rotatable bonds is 5. The minimum Gasteiger partial charge on any atom is -0.464 e. The molecule has 0 fully saturated rings. The predicted octanol–water partition coefficient (Wildman–Crippen LogP) is 2.05. The molecule has 2 rings (SSSR count). The van der Waals surface area contributed by atoms with Gasteiger partial charge in [0, 0.05) is 12.7 Å². The van der Waals surface area contributed by atoms with E-state index in [0.717, 1.165) is 0 Å². The number of esters is 1. The Kier molecular flexibility index (Phi) is 5.05. The van der Waals surface area contributed by atoms with Crippen LogP contribution in [-0.2, 0) is 16.1 Å². The number of hydrogen-bond acceptors (Lipinski definition) is 5. The summed E-state index contributed by atoms with van der Waals surface area (Å²) < 4.78 is 7.74.